The van der Waals surface area contributed by atoms with Gasteiger partial charge in [-0.25, -0.2) is 4.98 Å². The number of nitrogens with zero attached hydrogens (tertiary/aromatic N) is 3. The van der Waals surface area contributed by atoms with Gasteiger partial charge < -0.3 is 5.11 Å². The van der Waals surface area contributed by atoms with E-state index in [-0.39, 0.29) is 43.4 Å². The minimum Gasteiger partial charge on any atom is -0.507 e. The van der Waals surface area contributed by atoms with Gasteiger partial charge in [0.05, 0.1) is 22.3 Å². The van der Waals surface area contributed by atoms with E-state index >= 15 is 0 Å². The maximum Gasteiger partial charge on any atom is 0.148 e. The first-order chi connectivity index (χ1) is 34.1. The monoisotopic (exact) mass is 1050 g/mol. The standard InChI is InChI=1S/C61H58N3O.Pt/c1-37(2)46-29-47(38(3)4)31-49(30-46)44-23-24-56(40(6)27-44)64-57-18-14-17-53(58(57)63-60(64)54-36-52(61(8,9)10)28-41(7)59(54)65)50-32-48(42-15-12-11-13-16-42)33-51(34-50)55-35-45(25-26-62-55)43-21-19-39(5)20-22-43;/h11-33,35-38,65H,1-10H3;/q-1;/i5D3,6D3,37D,38D;. The third-order valence-electron chi connectivity index (χ3n) is 12.3. The number of aryl methyl sites for hydroxylation is 3. The van der Waals surface area contributed by atoms with Gasteiger partial charge in [-0.3, -0.25) is 9.55 Å². The molecular weight excluding hydrogens is 986 g/mol. The fourth-order valence-electron chi connectivity index (χ4n) is 8.48. The summed E-state index contributed by atoms with van der Waals surface area (Å²) in [6, 6.07) is 49.3. The van der Waals surface area contributed by atoms with E-state index in [0.717, 1.165) is 27.8 Å². The number of benzene rings is 7. The summed E-state index contributed by atoms with van der Waals surface area (Å²) in [4.78, 5) is 10.2. The van der Waals surface area contributed by atoms with Crippen molar-refractivity contribution >= 4 is 11.0 Å². The van der Waals surface area contributed by atoms with Crippen molar-refractivity contribution in [3.63, 3.8) is 0 Å². The van der Waals surface area contributed by atoms with E-state index in [1.165, 1.54) is 0 Å². The molecule has 0 spiro atoms. The molecule has 2 aromatic heterocycles. The number of phenols is 1. The molecular formula is C61H58N3OPt-. The summed E-state index contributed by atoms with van der Waals surface area (Å²) in [5.41, 5.74) is 12.6. The van der Waals surface area contributed by atoms with Crippen LogP contribution in [-0.4, -0.2) is 19.6 Å². The van der Waals surface area contributed by atoms with Crippen molar-refractivity contribution in [3.8, 4) is 78.6 Å². The minimum absolute atomic E-state index is 0. The fraction of sp³-hybridized carbons (Fsp3) is 0.213. The first-order valence-corrected chi connectivity index (χ1v) is 22.0. The summed E-state index contributed by atoms with van der Waals surface area (Å²) in [5, 5.41) is 12.1. The number of para-hydroxylation sites is 1. The Hall–Kier alpha value is -6.35. The molecule has 0 bridgehead atoms. The van der Waals surface area contributed by atoms with Gasteiger partial charge in [0.15, 0.2) is 0 Å². The largest absolute Gasteiger partial charge is 0.507 e. The Morgan fingerprint density at radius 1 is 0.621 bits per heavy atom. The van der Waals surface area contributed by atoms with E-state index in [0.29, 0.717) is 78.3 Å². The molecule has 0 aliphatic heterocycles. The van der Waals surface area contributed by atoms with Gasteiger partial charge in [-0.15, -0.1) is 23.8 Å². The second kappa shape index (κ2) is 18.5. The maximum atomic E-state index is 12.1. The number of pyridine rings is 1. The van der Waals surface area contributed by atoms with Crippen molar-refractivity contribution in [2.24, 2.45) is 0 Å². The van der Waals surface area contributed by atoms with Gasteiger partial charge in [0.25, 0.3) is 0 Å². The SMILES string of the molecule is [2H]C([2H])([2H])c1ccc(-c2ccnc(-c3[c-]c(-c4cccc5c4nc(-c4cc(C(C)(C)C)cc(C)c4O)n5-c4ccc(-c5cc(C([2H])(C)C)cc(C([2H])(C)C)c5)cc4C([2H])([2H])[2H])cc(-c4ccccc4)c3)c2)cc1.[Pt]. The second-order valence-electron chi connectivity index (χ2n) is 18.5. The van der Waals surface area contributed by atoms with Crippen LogP contribution in [0.15, 0.2) is 152 Å². The van der Waals surface area contributed by atoms with Gasteiger partial charge in [0.2, 0.25) is 0 Å². The summed E-state index contributed by atoms with van der Waals surface area (Å²) in [6.07, 6.45) is 1.73. The molecule has 0 unspecified atom stereocenters. The van der Waals surface area contributed by atoms with Gasteiger partial charge in [-0.2, -0.15) is 0 Å². The predicted octanol–water partition coefficient (Wildman–Crippen LogP) is 16.4. The first kappa shape index (κ1) is 36.8. The molecule has 9 aromatic rings. The number of imidazole rings is 1. The smallest absolute Gasteiger partial charge is 0.148 e. The molecule has 0 amide bonds. The summed E-state index contributed by atoms with van der Waals surface area (Å²) >= 11 is 0. The van der Waals surface area contributed by atoms with Crippen LogP contribution in [0.2, 0.25) is 0 Å². The van der Waals surface area contributed by atoms with E-state index in [1.807, 2.05) is 115 Å². The second-order valence-corrected chi connectivity index (χ2v) is 18.5. The van der Waals surface area contributed by atoms with Crippen molar-refractivity contribution in [3.05, 3.63) is 191 Å². The third-order valence-corrected chi connectivity index (χ3v) is 12.3. The van der Waals surface area contributed by atoms with Gasteiger partial charge >= 0.3 is 0 Å². The molecule has 2 heterocycles. The van der Waals surface area contributed by atoms with Crippen LogP contribution in [0.5, 0.6) is 5.75 Å². The van der Waals surface area contributed by atoms with Crippen molar-refractivity contribution < 1.29 is 37.1 Å². The summed E-state index contributed by atoms with van der Waals surface area (Å²) in [5.74, 6) is -1.59. The normalized spacial score (nSPS) is 14.2. The number of aromatic hydroxyl groups is 1. The molecule has 0 aliphatic carbocycles. The van der Waals surface area contributed by atoms with E-state index in [2.05, 4.69) is 32.9 Å². The van der Waals surface area contributed by atoms with Gasteiger partial charge in [0.1, 0.15) is 11.6 Å². The maximum absolute atomic E-state index is 12.1. The molecule has 0 saturated carbocycles. The van der Waals surface area contributed by atoms with Crippen LogP contribution >= 0.6 is 0 Å². The zero-order valence-electron chi connectivity index (χ0n) is 46.5. The Morgan fingerprint density at radius 3 is 1.97 bits per heavy atom. The van der Waals surface area contributed by atoms with Crippen molar-refractivity contribution in [1.29, 1.82) is 0 Å². The summed E-state index contributed by atoms with van der Waals surface area (Å²) in [7, 11) is 0. The topological polar surface area (TPSA) is 50.9 Å². The number of hydrogen-bond donors (Lipinski definition) is 1. The Balaban J connectivity index is 0.00000729. The van der Waals surface area contributed by atoms with Crippen LogP contribution in [0.25, 0.3) is 83.9 Å². The molecule has 0 fully saturated rings. The summed E-state index contributed by atoms with van der Waals surface area (Å²) < 4.78 is 70.5. The average Bonchev–Trinajstić information content (AvgIpc) is 3.73. The molecule has 334 valence electrons. The van der Waals surface area contributed by atoms with Crippen LogP contribution in [0, 0.1) is 26.7 Å². The van der Waals surface area contributed by atoms with Crippen molar-refractivity contribution in [2.75, 3.05) is 0 Å². The van der Waals surface area contributed by atoms with Crippen molar-refractivity contribution in [2.45, 2.75) is 86.3 Å². The molecule has 0 aliphatic rings. The minimum atomic E-state index is -2.63. The molecule has 0 radical (unpaired) electrons. The van der Waals surface area contributed by atoms with Gasteiger partial charge in [0, 0.05) is 43.9 Å². The average molecular weight is 1050 g/mol. The number of hydrogen-bond acceptors (Lipinski definition) is 3. The molecule has 1 N–H and O–H groups in total. The predicted molar refractivity (Wildman–Crippen MR) is 273 cm³/mol. The zero-order valence-corrected chi connectivity index (χ0v) is 40.8. The molecule has 0 saturated heterocycles. The number of aromatic nitrogens is 3. The number of fused-ring (bicyclic) bond motifs is 1. The van der Waals surface area contributed by atoms with Crippen molar-refractivity contribution in [1.82, 2.24) is 14.5 Å². The van der Waals surface area contributed by atoms with Crippen LogP contribution in [0.1, 0.15) is 105 Å². The Bertz CT molecular complexity index is 3530. The van der Waals surface area contributed by atoms with Crippen LogP contribution < -0.4 is 0 Å². The fourth-order valence-corrected chi connectivity index (χ4v) is 8.48. The van der Waals surface area contributed by atoms with Crippen LogP contribution in [-0.2, 0) is 26.5 Å². The van der Waals surface area contributed by atoms with Gasteiger partial charge in [-0.1, -0.05) is 174 Å². The number of phenolic OH excluding ortho intramolecular Hbond substituents is 1. The molecule has 9 rings (SSSR count). The van der Waals surface area contributed by atoms with E-state index in [1.54, 1.807) is 70.3 Å². The summed E-state index contributed by atoms with van der Waals surface area (Å²) in [6.45, 7) is 10.5. The Morgan fingerprint density at radius 2 is 1.29 bits per heavy atom. The Kier molecular flexibility index (Phi) is 10.3. The van der Waals surface area contributed by atoms with Gasteiger partial charge in [-0.05, 0) is 124 Å². The number of rotatable bonds is 9. The third kappa shape index (κ3) is 9.09. The Labute approximate surface area is 417 Å². The molecule has 7 aromatic carbocycles. The van der Waals surface area contributed by atoms with Crippen LogP contribution in [0.4, 0.5) is 0 Å². The quantitative estimate of drug-likeness (QED) is 0.147. The molecule has 0 atom stereocenters. The van der Waals surface area contributed by atoms with E-state index in [4.69, 9.17) is 20.9 Å². The van der Waals surface area contributed by atoms with E-state index < -0.39 is 25.5 Å². The zero-order chi connectivity index (χ0) is 52.6. The molecule has 4 nitrogen and oxygen atoms in total. The molecule has 66 heavy (non-hydrogen) atoms. The van der Waals surface area contributed by atoms with Crippen LogP contribution in [0.3, 0.4) is 0 Å². The van der Waals surface area contributed by atoms with E-state index in [9.17, 15) is 5.11 Å². The molecule has 5 heteroatoms. The first-order valence-electron chi connectivity index (χ1n) is 26.0.